The van der Waals surface area contributed by atoms with E-state index in [9.17, 15) is 19.3 Å². The number of aliphatic hydroxyl groups is 1. The molecule has 6 atom stereocenters. The molecule has 0 aliphatic carbocycles. The third kappa shape index (κ3) is 6.69. The van der Waals surface area contributed by atoms with E-state index in [1.807, 2.05) is 0 Å². The Hall–Kier alpha value is -2.36. The van der Waals surface area contributed by atoms with E-state index in [1.165, 1.54) is 17.2 Å². The number of aliphatic hydroxyl groups excluding tert-OH is 1. The van der Waals surface area contributed by atoms with Crippen molar-refractivity contribution in [1.82, 2.24) is 10.2 Å². The molecule has 10 nitrogen and oxygen atoms in total. The van der Waals surface area contributed by atoms with Crippen LogP contribution in [0.15, 0.2) is 55.0 Å². The summed E-state index contributed by atoms with van der Waals surface area (Å²) in [5, 5.41) is 13.5. The summed E-state index contributed by atoms with van der Waals surface area (Å²) in [5.41, 5.74) is 0. The highest BCUT2D eigenvalue weighted by Gasteiger charge is 2.55. The van der Waals surface area contributed by atoms with Crippen LogP contribution in [0.5, 0.6) is 5.75 Å². The predicted octanol–water partition coefficient (Wildman–Crippen LogP) is 3.36. The highest BCUT2D eigenvalue weighted by atomic mass is 35.5. The molecular weight excluding hydrogens is 511 g/mol. The van der Waals surface area contributed by atoms with Crippen molar-refractivity contribution in [3.63, 3.8) is 0 Å². The normalized spacial score (nSPS) is 28.5. The molecule has 36 heavy (non-hydrogen) atoms. The van der Waals surface area contributed by atoms with Crippen LogP contribution in [0.3, 0.4) is 0 Å². The number of rotatable bonds is 10. The largest absolute Gasteiger partial charge is 0.463 e. The number of hydrogen-bond acceptors (Lipinski definition) is 9. The SMILES string of the molecule is C=C1NC(=O)C=CN1[C@@H]1O[C@H](COP(=O)(C[C@H](C)C(=O)OC(C)C)Oc2ccccc2)[C@@H](O)[C@@]1(C)Cl. The van der Waals surface area contributed by atoms with Crippen molar-refractivity contribution >= 4 is 31.1 Å². The van der Waals surface area contributed by atoms with Crippen LogP contribution in [0.1, 0.15) is 27.7 Å². The lowest BCUT2D eigenvalue weighted by molar-refractivity contribution is -0.151. The number of amides is 1. The van der Waals surface area contributed by atoms with Crippen LogP contribution in [0, 0.1) is 5.92 Å². The molecule has 12 heteroatoms. The molecule has 2 heterocycles. The van der Waals surface area contributed by atoms with Crippen LogP contribution in [0.4, 0.5) is 0 Å². The molecule has 0 bridgehead atoms. The minimum Gasteiger partial charge on any atom is -0.463 e. The number of para-hydroxylation sites is 1. The number of halogens is 1. The molecule has 1 unspecified atom stereocenters. The minimum atomic E-state index is -3.92. The van der Waals surface area contributed by atoms with Crippen molar-refractivity contribution in [2.24, 2.45) is 5.92 Å². The van der Waals surface area contributed by atoms with Gasteiger partial charge in [-0.25, -0.2) is 4.57 Å². The first-order chi connectivity index (χ1) is 16.8. The molecule has 198 valence electrons. The van der Waals surface area contributed by atoms with E-state index in [-0.39, 0.29) is 30.6 Å². The van der Waals surface area contributed by atoms with Crippen molar-refractivity contribution in [3.05, 3.63) is 55.0 Å². The molecule has 1 amide bonds. The lowest BCUT2D eigenvalue weighted by Crippen LogP contribution is -2.50. The van der Waals surface area contributed by atoms with Gasteiger partial charge in [-0.05, 0) is 32.9 Å². The van der Waals surface area contributed by atoms with Crippen LogP contribution < -0.4 is 9.84 Å². The van der Waals surface area contributed by atoms with Gasteiger partial charge in [0.15, 0.2) is 6.23 Å². The first-order valence-electron chi connectivity index (χ1n) is 11.5. The molecule has 1 aromatic rings. The maximum Gasteiger partial charge on any atom is 0.380 e. The quantitative estimate of drug-likeness (QED) is 0.260. The number of nitrogens with zero attached hydrogens (tertiary/aromatic N) is 1. The molecular formula is C24H32ClN2O8P. The zero-order chi connectivity index (χ0) is 26.7. The molecule has 0 spiro atoms. The van der Waals surface area contributed by atoms with E-state index in [2.05, 4.69) is 11.9 Å². The summed E-state index contributed by atoms with van der Waals surface area (Å²) < 4.78 is 36.4. The fourth-order valence-electron chi connectivity index (χ4n) is 3.76. The van der Waals surface area contributed by atoms with Gasteiger partial charge < -0.3 is 29.3 Å². The average Bonchev–Trinajstić information content (AvgIpc) is 3.01. The molecule has 2 aliphatic heterocycles. The van der Waals surface area contributed by atoms with Crippen LogP contribution >= 0.6 is 19.2 Å². The first-order valence-corrected chi connectivity index (χ1v) is 13.6. The van der Waals surface area contributed by atoms with E-state index in [1.54, 1.807) is 58.0 Å². The number of hydrogen-bond donors (Lipinski definition) is 2. The van der Waals surface area contributed by atoms with Gasteiger partial charge in [0.2, 0.25) is 0 Å². The van der Waals surface area contributed by atoms with E-state index >= 15 is 0 Å². The third-order valence-electron chi connectivity index (χ3n) is 5.61. The number of nitrogens with one attached hydrogen (secondary N) is 1. The molecule has 3 rings (SSSR count). The van der Waals surface area contributed by atoms with E-state index in [4.69, 9.17) is 30.1 Å². The van der Waals surface area contributed by atoms with Crippen molar-refractivity contribution in [1.29, 1.82) is 0 Å². The Labute approximate surface area is 215 Å². The zero-order valence-electron chi connectivity index (χ0n) is 20.6. The van der Waals surface area contributed by atoms with Gasteiger partial charge in [0, 0.05) is 12.3 Å². The zero-order valence-corrected chi connectivity index (χ0v) is 22.3. The van der Waals surface area contributed by atoms with Crippen LogP contribution in [0.25, 0.3) is 0 Å². The Morgan fingerprint density at radius 3 is 2.61 bits per heavy atom. The molecule has 2 aliphatic rings. The van der Waals surface area contributed by atoms with Crippen molar-refractivity contribution in [2.75, 3.05) is 12.8 Å². The Bertz CT molecular complexity index is 1050. The molecule has 0 saturated carbocycles. The monoisotopic (exact) mass is 542 g/mol. The fourth-order valence-corrected chi connectivity index (χ4v) is 5.93. The molecule has 2 N–H and O–H groups in total. The second-order valence-electron chi connectivity index (χ2n) is 9.16. The summed E-state index contributed by atoms with van der Waals surface area (Å²) in [6, 6.07) is 8.42. The topological polar surface area (TPSA) is 124 Å². The highest BCUT2D eigenvalue weighted by molar-refractivity contribution is 7.54. The lowest BCUT2D eigenvalue weighted by atomic mass is 10.0. The van der Waals surface area contributed by atoms with Gasteiger partial charge in [0.05, 0.1) is 24.8 Å². The fraction of sp³-hybridized carbons (Fsp3) is 0.500. The summed E-state index contributed by atoms with van der Waals surface area (Å²) in [6.45, 7) is 10.0. The van der Waals surface area contributed by atoms with Gasteiger partial charge >= 0.3 is 13.6 Å². The number of carbonyl (C=O) groups excluding carboxylic acids is 2. The second-order valence-corrected chi connectivity index (χ2v) is 12.0. The van der Waals surface area contributed by atoms with Gasteiger partial charge in [-0.3, -0.25) is 14.1 Å². The molecule has 1 aromatic carbocycles. The van der Waals surface area contributed by atoms with Gasteiger partial charge in [-0.15, -0.1) is 11.6 Å². The highest BCUT2D eigenvalue weighted by Crippen LogP contribution is 2.51. The van der Waals surface area contributed by atoms with Crippen molar-refractivity contribution in [2.45, 2.75) is 57.1 Å². The van der Waals surface area contributed by atoms with Gasteiger partial charge in [-0.1, -0.05) is 31.7 Å². The Morgan fingerprint density at radius 2 is 2.00 bits per heavy atom. The number of carbonyl (C=O) groups is 2. The maximum absolute atomic E-state index is 13.8. The van der Waals surface area contributed by atoms with E-state index < -0.39 is 42.8 Å². The van der Waals surface area contributed by atoms with Gasteiger partial charge in [-0.2, -0.15) is 0 Å². The van der Waals surface area contributed by atoms with Gasteiger partial charge in [0.25, 0.3) is 5.91 Å². The van der Waals surface area contributed by atoms with E-state index in [0.29, 0.717) is 5.75 Å². The summed E-state index contributed by atoms with van der Waals surface area (Å²) in [4.78, 5) is 24.1. The summed E-state index contributed by atoms with van der Waals surface area (Å²) in [6.07, 6.45) is -1.01. The predicted molar refractivity (Wildman–Crippen MR) is 133 cm³/mol. The Kier molecular flexibility index (Phi) is 8.90. The van der Waals surface area contributed by atoms with Crippen molar-refractivity contribution in [3.8, 4) is 5.75 Å². The summed E-state index contributed by atoms with van der Waals surface area (Å²) in [5.74, 6) is -1.15. The van der Waals surface area contributed by atoms with Crippen LogP contribution in [-0.4, -0.2) is 64.1 Å². The van der Waals surface area contributed by atoms with Gasteiger partial charge in [0.1, 0.15) is 28.7 Å². The molecule has 1 fully saturated rings. The first kappa shape index (κ1) is 28.2. The minimum absolute atomic E-state index is 0.226. The smallest absolute Gasteiger partial charge is 0.380 e. The summed E-state index contributed by atoms with van der Waals surface area (Å²) in [7, 11) is -3.92. The average molecular weight is 543 g/mol. The molecule has 0 radical (unpaired) electrons. The number of alkyl halides is 1. The van der Waals surface area contributed by atoms with E-state index in [0.717, 1.165) is 0 Å². The summed E-state index contributed by atoms with van der Waals surface area (Å²) >= 11 is 6.65. The standard InChI is InChI=1S/C24H32ClN2O8P/c1-15(2)33-22(30)16(3)14-36(31,35-18-9-7-6-8-10-18)32-13-19-21(29)24(5,25)23(34-19)27-12-11-20(28)26-17(27)4/h6-12,15-16,19,21,23,29H,4,13-14H2,1-3,5H3,(H,26,28)/t16-,19+,21+,23+,24+,36?/m0/s1. The molecule has 0 aromatic heterocycles. The van der Waals surface area contributed by atoms with Crippen LogP contribution in [0.2, 0.25) is 0 Å². The van der Waals surface area contributed by atoms with Crippen LogP contribution in [-0.2, 0) is 28.2 Å². The molecule has 1 saturated heterocycles. The number of ether oxygens (including phenoxy) is 2. The second kappa shape index (κ2) is 11.4. The number of esters is 1. The maximum atomic E-state index is 13.8. The number of benzene rings is 1. The third-order valence-corrected chi connectivity index (χ3v) is 8.05. The van der Waals surface area contributed by atoms with Crippen molar-refractivity contribution < 1.29 is 37.8 Å². The lowest BCUT2D eigenvalue weighted by Gasteiger charge is -2.36. The Balaban J connectivity index is 1.76. The Morgan fingerprint density at radius 1 is 1.33 bits per heavy atom.